The Morgan fingerprint density at radius 2 is 2.17 bits per heavy atom. The number of rotatable bonds is 3. The van der Waals surface area contributed by atoms with Gasteiger partial charge in [-0.25, -0.2) is 10.1 Å². The van der Waals surface area contributed by atoms with Crippen LogP contribution in [0.3, 0.4) is 0 Å². The first-order chi connectivity index (χ1) is 8.59. The summed E-state index contributed by atoms with van der Waals surface area (Å²) >= 11 is 0. The number of nitro groups is 1. The van der Waals surface area contributed by atoms with Crippen LogP contribution in [-0.4, -0.2) is 22.0 Å². The first-order valence-electron chi connectivity index (χ1n) is 5.98. The van der Waals surface area contributed by atoms with Gasteiger partial charge in [0.1, 0.15) is 5.70 Å². The van der Waals surface area contributed by atoms with Crippen LogP contribution in [0.4, 0.5) is 0 Å². The molecule has 0 unspecified atom stereocenters. The molecule has 1 aliphatic carbocycles. The second-order valence-electron chi connectivity index (χ2n) is 4.49. The number of hydrogen-bond acceptors (Lipinski definition) is 4. The molecule has 1 fully saturated rings. The van der Waals surface area contributed by atoms with Crippen LogP contribution in [0.1, 0.15) is 32.6 Å². The molecule has 18 heavy (non-hydrogen) atoms. The van der Waals surface area contributed by atoms with Crippen molar-refractivity contribution in [2.24, 2.45) is 0 Å². The second-order valence-corrected chi connectivity index (χ2v) is 4.49. The number of amides is 1. The lowest BCUT2D eigenvalue weighted by molar-refractivity contribution is -0.631. The third kappa shape index (κ3) is 2.44. The third-order valence-corrected chi connectivity index (χ3v) is 3.16. The Hall–Kier alpha value is -2.05. The van der Waals surface area contributed by atoms with Crippen molar-refractivity contribution in [3.05, 3.63) is 33.9 Å². The molecule has 7 heteroatoms. The maximum atomic E-state index is 12.0. The number of nitrogens with zero attached hydrogens (tertiary/aromatic N) is 2. The van der Waals surface area contributed by atoms with Crippen molar-refractivity contribution in [3.8, 4) is 0 Å². The van der Waals surface area contributed by atoms with Crippen molar-refractivity contribution in [1.82, 2.24) is 15.6 Å². The molecular formula is C11H16N4O3. The van der Waals surface area contributed by atoms with Crippen molar-refractivity contribution in [1.29, 1.82) is 0 Å². The highest BCUT2D eigenvalue weighted by Crippen LogP contribution is 2.20. The zero-order chi connectivity index (χ0) is 13.1. The van der Waals surface area contributed by atoms with Gasteiger partial charge in [0.2, 0.25) is 0 Å². The van der Waals surface area contributed by atoms with Crippen molar-refractivity contribution in [3.63, 3.8) is 0 Å². The van der Waals surface area contributed by atoms with Crippen molar-refractivity contribution < 1.29 is 9.83 Å². The largest absolute Gasteiger partial charge is 0.364 e. The molecule has 1 heterocycles. The summed E-state index contributed by atoms with van der Waals surface area (Å²) in [7, 11) is 0. The van der Waals surface area contributed by atoms with E-state index >= 15 is 0 Å². The minimum absolute atomic E-state index is 0.0203. The van der Waals surface area contributed by atoms with Gasteiger partial charge in [-0.1, -0.05) is 17.9 Å². The molecule has 7 nitrogen and oxygen atoms in total. The Morgan fingerprint density at radius 3 is 2.78 bits per heavy atom. The van der Waals surface area contributed by atoms with E-state index in [1.165, 1.54) is 12.4 Å². The summed E-state index contributed by atoms with van der Waals surface area (Å²) in [6.07, 6.45) is 6.91. The van der Waals surface area contributed by atoms with E-state index in [0.29, 0.717) is 5.70 Å². The Kier molecular flexibility index (Phi) is 3.50. The molecule has 0 spiro atoms. The molecule has 1 saturated carbocycles. The number of hydrogen-bond donors (Lipinski definition) is 2. The maximum Gasteiger partial charge on any atom is 0.275 e. The van der Waals surface area contributed by atoms with Gasteiger partial charge in [0, 0.05) is 18.4 Å². The Morgan fingerprint density at radius 1 is 1.50 bits per heavy atom. The van der Waals surface area contributed by atoms with E-state index in [9.17, 15) is 14.9 Å². The van der Waals surface area contributed by atoms with Gasteiger partial charge in [-0.15, -0.1) is 0 Å². The van der Waals surface area contributed by atoms with Gasteiger partial charge >= 0.3 is 0 Å². The van der Waals surface area contributed by atoms with Crippen LogP contribution < -0.4 is 10.6 Å². The monoisotopic (exact) mass is 252 g/mol. The Bertz CT molecular complexity index is 424. The second kappa shape index (κ2) is 5.07. The summed E-state index contributed by atoms with van der Waals surface area (Å²) in [5.41, 5.74) is 0.394. The first kappa shape index (κ1) is 12.4. The lowest BCUT2D eigenvalue weighted by Gasteiger charge is -2.21. The predicted octanol–water partition coefficient (Wildman–Crippen LogP) is 0.845. The summed E-state index contributed by atoms with van der Waals surface area (Å²) in [6, 6.07) is 0.137. The van der Waals surface area contributed by atoms with Gasteiger partial charge in [-0.3, -0.25) is 4.79 Å². The molecule has 1 aliphatic heterocycles. The lowest BCUT2D eigenvalue weighted by Crippen LogP contribution is -2.42. The topological polar surface area (TPSA) is 87.5 Å². The Labute approximate surface area is 105 Å². The molecule has 1 amide bonds. The molecule has 98 valence electrons. The van der Waals surface area contributed by atoms with E-state index in [2.05, 4.69) is 10.6 Å². The molecule has 0 aromatic carbocycles. The summed E-state index contributed by atoms with van der Waals surface area (Å²) in [6.45, 7) is 1.58. The van der Waals surface area contributed by atoms with Crippen LogP contribution in [0.25, 0.3) is 0 Å². The summed E-state index contributed by atoms with van der Waals surface area (Å²) < 4.78 is 0. The standard InChI is InChI=1S/C11H16N4O3/c1-8-6-12-7-10(14(8)15(17)18)11(16)13-9-4-2-3-5-9/h6-7,9,12H,2-5H2,1H3,(H,13,16). The first-order valence-corrected chi connectivity index (χ1v) is 5.98. The third-order valence-electron chi connectivity index (χ3n) is 3.16. The Balaban J connectivity index is 2.08. The number of hydrazine groups is 1. The molecule has 2 aliphatic rings. The van der Waals surface area contributed by atoms with Crippen molar-refractivity contribution in [2.75, 3.05) is 0 Å². The van der Waals surface area contributed by atoms with Crippen molar-refractivity contribution in [2.45, 2.75) is 38.6 Å². The molecule has 0 saturated heterocycles. The van der Waals surface area contributed by atoms with E-state index in [-0.39, 0.29) is 11.7 Å². The fourth-order valence-electron chi connectivity index (χ4n) is 2.26. The van der Waals surface area contributed by atoms with Crippen LogP contribution in [0.5, 0.6) is 0 Å². The van der Waals surface area contributed by atoms with Gasteiger partial charge < -0.3 is 10.6 Å². The smallest absolute Gasteiger partial charge is 0.275 e. The van der Waals surface area contributed by atoms with Crippen molar-refractivity contribution >= 4 is 5.91 Å². The molecule has 2 N–H and O–H groups in total. The van der Waals surface area contributed by atoms with Crippen LogP contribution in [0, 0.1) is 10.1 Å². The van der Waals surface area contributed by atoms with Gasteiger partial charge in [0.05, 0.1) is 0 Å². The van der Waals surface area contributed by atoms with Crippen LogP contribution in [0.15, 0.2) is 23.8 Å². The normalized spacial score (nSPS) is 19.9. The minimum atomic E-state index is -0.591. The molecule has 2 rings (SSSR count). The molecular weight excluding hydrogens is 236 g/mol. The lowest BCUT2D eigenvalue weighted by atomic mass is 10.2. The van der Waals surface area contributed by atoms with Crippen LogP contribution in [0.2, 0.25) is 0 Å². The number of carbonyl (C=O) groups excluding carboxylic acids is 1. The highest BCUT2D eigenvalue weighted by molar-refractivity contribution is 5.93. The summed E-state index contributed by atoms with van der Waals surface area (Å²) in [5.74, 6) is -0.404. The highest BCUT2D eigenvalue weighted by atomic mass is 16.7. The summed E-state index contributed by atoms with van der Waals surface area (Å²) in [4.78, 5) is 23.0. The number of carbonyl (C=O) groups is 1. The zero-order valence-electron chi connectivity index (χ0n) is 10.2. The minimum Gasteiger partial charge on any atom is -0.364 e. The predicted molar refractivity (Wildman–Crippen MR) is 64.2 cm³/mol. The van der Waals surface area contributed by atoms with Gasteiger partial charge in [-0.2, -0.15) is 0 Å². The molecule has 0 aromatic heterocycles. The highest BCUT2D eigenvalue weighted by Gasteiger charge is 2.31. The summed E-state index contributed by atoms with van der Waals surface area (Å²) in [5, 5.41) is 16.7. The van der Waals surface area contributed by atoms with Gasteiger partial charge in [0.15, 0.2) is 10.7 Å². The van der Waals surface area contributed by atoms with E-state index in [1.54, 1.807) is 6.92 Å². The number of allylic oxidation sites excluding steroid dienone is 1. The average molecular weight is 252 g/mol. The fourth-order valence-corrected chi connectivity index (χ4v) is 2.26. The van der Waals surface area contributed by atoms with E-state index in [1.807, 2.05) is 0 Å². The zero-order valence-corrected chi connectivity index (χ0v) is 10.2. The maximum absolute atomic E-state index is 12.0. The van der Waals surface area contributed by atoms with E-state index in [0.717, 1.165) is 30.7 Å². The SMILES string of the molecule is CC1=CNC=C(C(=O)NC2CCCC2)N1[N+](=O)[O-]. The van der Waals surface area contributed by atoms with Crippen LogP contribution >= 0.6 is 0 Å². The molecule has 0 bridgehead atoms. The van der Waals surface area contributed by atoms with Gasteiger partial charge in [-0.05, 0) is 19.8 Å². The quantitative estimate of drug-likeness (QED) is 0.574. The van der Waals surface area contributed by atoms with E-state index in [4.69, 9.17) is 0 Å². The van der Waals surface area contributed by atoms with Gasteiger partial charge in [0.25, 0.3) is 5.91 Å². The van der Waals surface area contributed by atoms with Crippen LogP contribution in [-0.2, 0) is 4.79 Å². The molecule has 0 radical (unpaired) electrons. The average Bonchev–Trinajstić information content (AvgIpc) is 2.80. The number of nitrogens with one attached hydrogen (secondary N) is 2. The fraction of sp³-hybridized carbons (Fsp3) is 0.545. The van der Waals surface area contributed by atoms with E-state index < -0.39 is 10.9 Å². The molecule has 0 atom stereocenters. The molecule has 0 aromatic rings.